The molecule has 1 heterocycles. The number of nitrogens with one attached hydrogen (secondary N) is 1. The zero-order valence-electron chi connectivity index (χ0n) is 20.3. The Bertz CT molecular complexity index is 1440. The van der Waals surface area contributed by atoms with Gasteiger partial charge in [0, 0.05) is 5.69 Å². The van der Waals surface area contributed by atoms with E-state index in [-0.39, 0.29) is 27.3 Å². The number of hydrogen-bond acceptors (Lipinski definition) is 6. The highest BCUT2D eigenvalue weighted by atomic mass is 35.5. The molecule has 0 radical (unpaired) electrons. The van der Waals surface area contributed by atoms with E-state index in [9.17, 15) is 14.4 Å². The molecule has 0 unspecified atom stereocenters. The number of carbonyl (C=O) groups is 3. The number of imide groups is 1. The number of amides is 3. The summed E-state index contributed by atoms with van der Waals surface area (Å²) in [7, 11) is 0. The van der Waals surface area contributed by atoms with Gasteiger partial charge in [0.25, 0.3) is 11.1 Å². The van der Waals surface area contributed by atoms with Gasteiger partial charge in [-0.2, -0.15) is 0 Å². The fraction of sp³-hybridized carbons (Fsp3) is 0.148. The molecule has 1 fully saturated rings. The highest BCUT2D eigenvalue weighted by Crippen LogP contribution is 2.38. The molecule has 0 aliphatic carbocycles. The third-order valence-electron chi connectivity index (χ3n) is 5.31. The minimum atomic E-state index is -0.598. The molecule has 1 aliphatic heterocycles. The van der Waals surface area contributed by atoms with E-state index in [0.29, 0.717) is 33.7 Å². The lowest BCUT2D eigenvalue weighted by atomic mass is 10.2. The predicted octanol–water partition coefficient (Wildman–Crippen LogP) is 7.95. The van der Waals surface area contributed by atoms with Gasteiger partial charge in [0.15, 0.2) is 5.75 Å². The van der Waals surface area contributed by atoms with Crippen molar-refractivity contribution in [3.8, 4) is 11.5 Å². The van der Waals surface area contributed by atoms with Crippen LogP contribution >= 0.6 is 58.2 Å². The summed E-state index contributed by atoms with van der Waals surface area (Å²) in [5, 5.41) is 3.35. The summed E-state index contributed by atoms with van der Waals surface area (Å²) in [4.78, 5) is 38.8. The molecular weight excluding hydrogens is 606 g/mol. The van der Waals surface area contributed by atoms with E-state index in [4.69, 9.17) is 55.9 Å². The fourth-order valence-corrected chi connectivity index (χ4v) is 5.29. The van der Waals surface area contributed by atoms with Gasteiger partial charge < -0.3 is 14.8 Å². The molecule has 4 rings (SSSR count). The Kier molecular flexibility index (Phi) is 9.69. The Morgan fingerprint density at radius 2 is 1.62 bits per heavy atom. The second kappa shape index (κ2) is 13.0. The average Bonchev–Trinajstić information content (AvgIpc) is 3.14. The minimum Gasteiger partial charge on any atom is -0.494 e. The van der Waals surface area contributed by atoms with Crippen molar-refractivity contribution in [1.82, 2.24) is 4.90 Å². The number of hydrogen-bond donors (Lipinski definition) is 1. The Labute approximate surface area is 248 Å². The van der Waals surface area contributed by atoms with Crippen molar-refractivity contribution in [2.75, 3.05) is 18.5 Å². The Morgan fingerprint density at radius 3 is 2.26 bits per heavy atom. The summed E-state index contributed by atoms with van der Waals surface area (Å²) in [6.07, 6.45) is 1.48. The first-order valence-corrected chi connectivity index (χ1v) is 13.8. The smallest absolute Gasteiger partial charge is 0.294 e. The summed E-state index contributed by atoms with van der Waals surface area (Å²) < 4.78 is 11.1. The molecule has 1 N–H and O–H groups in total. The van der Waals surface area contributed by atoms with Crippen LogP contribution < -0.4 is 14.8 Å². The molecule has 3 amide bonds. The monoisotopic (exact) mass is 624 g/mol. The molecule has 3 aromatic carbocycles. The quantitative estimate of drug-likeness (QED) is 0.243. The summed E-state index contributed by atoms with van der Waals surface area (Å²) in [6, 6.07) is 15.0. The summed E-state index contributed by atoms with van der Waals surface area (Å²) >= 11 is 25.5. The van der Waals surface area contributed by atoms with Crippen molar-refractivity contribution in [2.45, 2.75) is 13.5 Å². The van der Waals surface area contributed by atoms with Crippen LogP contribution in [-0.4, -0.2) is 35.1 Å². The number of ether oxygens (including phenoxy) is 2. The lowest BCUT2D eigenvalue weighted by Crippen LogP contribution is -2.36. The van der Waals surface area contributed by atoms with Crippen LogP contribution in [0.3, 0.4) is 0 Å². The van der Waals surface area contributed by atoms with Crippen molar-refractivity contribution in [2.24, 2.45) is 0 Å². The van der Waals surface area contributed by atoms with Crippen LogP contribution in [0.1, 0.15) is 18.1 Å². The predicted molar refractivity (Wildman–Crippen MR) is 156 cm³/mol. The second-order valence-electron chi connectivity index (χ2n) is 8.12. The van der Waals surface area contributed by atoms with Crippen LogP contribution in [0.4, 0.5) is 10.5 Å². The molecule has 39 heavy (non-hydrogen) atoms. The van der Waals surface area contributed by atoms with E-state index in [0.717, 1.165) is 22.2 Å². The molecule has 0 saturated carbocycles. The molecule has 1 aliphatic rings. The van der Waals surface area contributed by atoms with Crippen LogP contribution in [0.15, 0.2) is 59.5 Å². The third-order valence-corrected chi connectivity index (χ3v) is 7.52. The lowest BCUT2D eigenvalue weighted by molar-refractivity contribution is -0.127. The van der Waals surface area contributed by atoms with E-state index < -0.39 is 23.6 Å². The second-order valence-corrected chi connectivity index (χ2v) is 10.7. The van der Waals surface area contributed by atoms with Crippen LogP contribution in [0.25, 0.3) is 6.08 Å². The van der Waals surface area contributed by atoms with E-state index in [1.54, 1.807) is 54.6 Å². The number of anilines is 1. The summed E-state index contributed by atoms with van der Waals surface area (Å²) in [5.41, 5.74) is 1.76. The maximum atomic E-state index is 12.9. The lowest BCUT2D eigenvalue weighted by Gasteiger charge is -2.13. The first-order valence-electron chi connectivity index (χ1n) is 11.5. The average molecular weight is 626 g/mol. The number of benzene rings is 3. The van der Waals surface area contributed by atoms with E-state index in [1.807, 2.05) is 6.92 Å². The zero-order chi connectivity index (χ0) is 28.1. The third kappa shape index (κ3) is 7.41. The van der Waals surface area contributed by atoms with Gasteiger partial charge in [-0.3, -0.25) is 19.3 Å². The number of rotatable bonds is 9. The molecule has 202 valence electrons. The Hall–Kier alpha value is -2.88. The van der Waals surface area contributed by atoms with Crippen LogP contribution in [-0.2, 0) is 16.2 Å². The van der Waals surface area contributed by atoms with Crippen molar-refractivity contribution < 1.29 is 23.9 Å². The topological polar surface area (TPSA) is 84.9 Å². The van der Waals surface area contributed by atoms with Crippen molar-refractivity contribution in [3.63, 3.8) is 0 Å². The number of carbonyl (C=O) groups excluding carboxylic acids is 3. The van der Waals surface area contributed by atoms with Gasteiger partial charge in [-0.15, -0.1) is 0 Å². The van der Waals surface area contributed by atoms with Gasteiger partial charge in [0.05, 0.1) is 31.6 Å². The van der Waals surface area contributed by atoms with Crippen molar-refractivity contribution >= 4 is 87.0 Å². The van der Waals surface area contributed by atoms with E-state index >= 15 is 0 Å². The van der Waals surface area contributed by atoms with Gasteiger partial charge in [0.1, 0.15) is 18.9 Å². The molecular formula is C27H20Cl4N2O5S. The van der Waals surface area contributed by atoms with Crippen LogP contribution in [0, 0.1) is 0 Å². The molecule has 0 atom stereocenters. The minimum absolute atomic E-state index is 0.130. The first kappa shape index (κ1) is 29.1. The fourth-order valence-electron chi connectivity index (χ4n) is 3.52. The molecule has 3 aromatic rings. The number of thioether (sulfide) groups is 1. The number of halogens is 4. The van der Waals surface area contributed by atoms with Crippen molar-refractivity contribution in [1.29, 1.82) is 0 Å². The molecule has 7 nitrogen and oxygen atoms in total. The van der Waals surface area contributed by atoms with Crippen LogP contribution in [0.2, 0.25) is 20.1 Å². The van der Waals surface area contributed by atoms with E-state index in [1.165, 1.54) is 6.08 Å². The molecule has 0 spiro atoms. The molecule has 1 saturated heterocycles. The largest absolute Gasteiger partial charge is 0.494 e. The van der Waals surface area contributed by atoms with Crippen molar-refractivity contribution in [3.05, 3.63) is 90.7 Å². The molecule has 0 aromatic heterocycles. The van der Waals surface area contributed by atoms with Gasteiger partial charge >= 0.3 is 0 Å². The van der Waals surface area contributed by atoms with Gasteiger partial charge in [-0.1, -0.05) is 52.5 Å². The Balaban J connectivity index is 1.41. The Morgan fingerprint density at radius 1 is 0.923 bits per heavy atom. The normalized spacial score (nSPS) is 14.2. The van der Waals surface area contributed by atoms with Gasteiger partial charge in [-0.25, -0.2) is 0 Å². The highest BCUT2D eigenvalue weighted by molar-refractivity contribution is 8.18. The van der Waals surface area contributed by atoms with E-state index in [2.05, 4.69) is 5.32 Å². The van der Waals surface area contributed by atoms with Gasteiger partial charge in [-0.05, 0) is 84.4 Å². The first-order chi connectivity index (χ1) is 18.6. The van der Waals surface area contributed by atoms with Crippen LogP contribution in [0.5, 0.6) is 11.5 Å². The maximum Gasteiger partial charge on any atom is 0.294 e. The molecule has 12 heteroatoms. The standard InChI is InChI=1S/C27H20Cl4N2O5S/c1-2-37-18-6-4-17(5-7-18)32-24(34)13-33-26(35)23(39-27(33)36)12-16-10-21(30)25(22(31)11-16)38-14-15-3-8-19(28)20(29)9-15/h3-12H,2,13-14H2,1H3,(H,32,34)/b23-12+. The summed E-state index contributed by atoms with van der Waals surface area (Å²) in [6.45, 7) is 2.11. The molecule has 0 bridgehead atoms. The zero-order valence-corrected chi connectivity index (χ0v) is 24.1. The summed E-state index contributed by atoms with van der Waals surface area (Å²) in [5.74, 6) is -0.199. The van der Waals surface area contributed by atoms with Gasteiger partial charge in [0.2, 0.25) is 5.91 Å². The SMILES string of the molecule is CCOc1ccc(NC(=O)CN2C(=O)S/C(=C/c3cc(Cl)c(OCc4ccc(Cl)c(Cl)c4)c(Cl)c3)C2=O)cc1. The highest BCUT2D eigenvalue weighted by Gasteiger charge is 2.36. The number of nitrogens with zero attached hydrogens (tertiary/aromatic N) is 1. The maximum absolute atomic E-state index is 12.9.